The molecule has 0 heterocycles. The van der Waals surface area contributed by atoms with Crippen molar-refractivity contribution in [2.75, 3.05) is 5.73 Å². The minimum atomic E-state index is -3.96. The fourth-order valence-electron chi connectivity index (χ4n) is 3.37. The van der Waals surface area contributed by atoms with Gasteiger partial charge in [0.25, 0.3) is 10.0 Å². The van der Waals surface area contributed by atoms with Crippen molar-refractivity contribution in [3.8, 4) is 0 Å². The Morgan fingerprint density at radius 1 is 0.567 bits per heavy atom. The van der Waals surface area contributed by atoms with Crippen LogP contribution in [0.15, 0.2) is 124 Å². The third-order valence-electron chi connectivity index (χ3n) is 4.80. The molecule has 0 bridgehead atoms. The van der Waals surface area contributed by atoms with Crippen LogP contribution in [0.25, 0.3) is 0 Å². The van der Waals surface area contributed by atoms with Gasteiger partial charge in [-0.1, -0.05) is 91.0 Å². The molecule has 30 heavy (non-hydrogen) atoms. The van der Waals surface area contributed by atoms with E-state index in [9.17, 15) is 8.42 Å². The van der Waals surface area contributed by atoms with Crippen molar-refractivity contribution in [1.29, 1.82) is 0 Å². The number of benzene rings is 4. The van der Waals surface area contributed by atoms with E-state index in [1.54, 1.807) is 12.1 Å². The highest BCUT2D eigenvalue weighted by Crippen LogP contribution is 2.48. The van der Waals surface area contributed by atoms with Gasteiger partial charge in [-0.15, -0.1) is 0 Å². The molecule has 2 N–H and O–H groups in total. The van der Waals surface area contributed by atoms with E-state index in [2.05, 4.69) is 0 Å². The molecule has 0 aliphatic carbocycles. The summed E-state index contributed by atoms with van der Waals surface area (Å²) in [6.07, 6.45) is 0. The van der Waals surface area contributed by atoms with Crippen LogP contribution >= 0.6 is 7.05 Å². The zero-order chi connectivity index (χ0) is 21.0. The standard InChI is InChI=1S/C24H21N2O2PS/c25-20-16-18-24(19-17-20)30(27,28)26-29(21-10-4-1-5-11-21,22-12-6-2-7-13-22)23-14-8-3-9-15-23/h1-19H,25H2. The van der Waals surface area contributed by atoms with Crippen molar-refractivity contribution >= 4 is 38.7 Å². The zero-order valence-electron chi connectivity index (χ0n) is 16.2. The van der Waals surface area contributed by atoms with Crippen LogP contribution in [-0.2, 0) is 10.0 Å². The normalized spacial score (nSPS) is 11.7. The predicted molar refractivity (Wildman–Crippen MR) is 126 cm³/mol. The Bertz CT molecular complexity index is 1190. The van der Waals surface area contributed by atoms with Gasteiger partial charge in [0, 0.05) is 21.6 Å². The van der Waals surface area contributed by atoms with Crippen molar-refractivity contribution in [1.82, 2.24) is 0 Å². The summed E-state index contributed by atoms with van der Waals surface area (Å²) in [4.78, 5) is 0.129. The summed E-state index contributed by atoms with van der Waals surface area (Å²) < 4.78 is 31.7. The Balaban J connectivity index is 2.13. The molecule has 0 aliphatic rings. The first-order chi connectivity index (χ1) is 14.5. The second-order valence-corrected chi connectivity index (χ2v) is 11.7. The highest BCUT2D eigenvalue weighted by atomic mass is 32.2. The molecule has 6 heteroatoms. The van der Waals surface area contributed by atoms with Crippen molar-refractivity contribution in [2.45, 2.75) is 4.90 Å². The second-order valence-electron chi connectivity index (χ2n) is 6.77. The van der Waals surface area contributed by atoms with Gasteiger partial charge in [0.2, 0.25) is 0 Å². The third-order valence-corrected chi connectivity index (χ3v) is 10.6. The van der Waals surface area contributed by atoms with Gasteiger partial charge >= 0.3 is 0 Å². The zero-order valence-corrected chi connectivity index (χ0v) is 17.9. The van der Waals surface area contributed by atoms with E-state index in [1.165, 1.54) is 12.1 Å². The van der Waals surface area contributed by atoms with E-state index in [4.69, 9.17) is 9.88 Å². The molecular weight excluding hydrogens is 411 g/mol. The van der Waals surface area contributed by atoms with Gasteiger partial charge in [-0.2, -0.15) is 12.6 Å². The van der Waals surface area contributed by atoms with E-state index in [0.29, 0.717) is 5.69 Å². The van der Waals surface area contributed by atoms with Crippen molar-refractivity contribution in [3.63, 3.8) is 0 Å². The molecule has 0 fully saturated rings. The van der Waals surface area contributed by atoms with Crippen LogP contribution < -0.4 is 21.6 Å². The van der Waals surface area contributed by atoms with Gasteiger partial charge in [0.05, 0.1) is 11.9 Å². The lowest BCUT2D eigenvalue weighted by atomic mass is 10.3. The van der Waals surface area contributed by atoms with E-state index in [0.717, 1.165) is 15.9 Å². The van der Waals surface area contributed by atoms with Crippen LogP contribution in [0.3, 0.4) is 0 Å². The Kier molecular flexibility index (Phi) is 5.58. The first-order valence-electron chi connectivity index (χ1n) is 9.43. The first-order valence-corrected chi connectivity index (χ1v) is 12.6. The first kappa shape index (κ1) is 20.1. The number of sulfonamides is 1. The highest BCUT2D eigenvalue weighted by Gasteiger charge is 2.30. The summed E-state index contributed by atoms with van der Waals surface area (Å²) in [5.41, 5.74) is 6.26. The summed E-state index contributed by atoms with van der Waals surface area (Å²) in [6, 6.07) is 35.2. The van der Waals surface area contributed by atoms with Gasteiger partial charge in [0.1, 0.15) is 0 Å². The topological polar surface area (TPSA) is 72.5 Å². The molecule has 4 aromatic carbocycles. The lowest BCUT2D eigenvalue weighted by molar-refractivity contribution is 0.598. The van der Waals surface area contributed by atoms with Crippen molar-refractivity contribution in [2.24, 2.45) is 4.15 Å². The molecule has 0 aromatic heterocycles. The fourth-order valence-corrected chi connectivity index (χ4v) is 9.35. The largest absolute Gasteiger partial charge is 0.399 e. The lowest BCUT2D eigenvalue weighted by Crippen LogP contribution is -2.26. The minimum Gasteiger partial charge on any atom is -0.399 e. The summed E-state index contributed by atoms with van der Waals surface area (Å²) in [6.45, 7) is 0. The second kappa shape index (κ2) is 8.31. The van der Waals surface area contributed by atoms with Gasteiger partial charge in [-0.3, -0.25) is 0 Å². The van der Waals surface area contributed by atoms with Gasteiger partial charge < -0.3 is 5.73 Å². The molecule has 150 valence electrons. The number of hydrogen-bond acceptors (Lipinski definition) is 3. The summed E-state index contributed by atoms with van der Waals surface area (Å²) in [5, 5.41) is 2.63. The maximum absolute atomic E-state index is 13.5. The number of nitrogen functional groups attached to an aromatic ring is 1. The number of anilines is 1. The smallest absolute Gasteiger partial charge is 0.281 e. The minimum absolute atomic E-state index is 0.129. The quantitative estimate of drug-likeness (QED) is 0.381. The van der Waals surface area contributed by atoms with Crippen LogP contribution in [0.1, 0.15) is 0 Å². The summed E-state index contributed by atoms with van der Waals surface area (Å²) >= 11 is 0. The van der Waals surface area contributed by atoms with Crippen LogP contribution in [0, 0.1) is 0 Å². The van der Waals surface area contributed by atoms with Gasteiger partial charge in [-0.05, 0) is 24.3 Å². The van der Waals surface area contributed by atoms with E-state index in [1.807, 2.05) is 91.0 Å². The average molecular weight is 432 g/mol. The Hall–Kier alpha value is -3.14. The maximum Gasteiger partial charge on any atom is 0.281 e. The SMILES string of the molecule is Nc1ccc(S(=O)(=O)N=P(c2ccccc2)(c2ccccc2)c2ccccc2)cc1. The third kappa shape index (κ3) is 3.82. The van der Waals surface area contributed by atoms with E-state index < -0.39 is 17.1 Å². The molecule has 4 aromatic rings. The fraction of sp³-hybridized carbons (Fsp3) is 0. The monoisotopic (exact) mass is 432 g/mol. The molecule has 0 spiro atoms. The lowest BCUT2D eigenvalue weighted by Gasteiger charge is -2.26. The van der Waals surface area contributed by atoms with Crippen LogP contribution in [0.5, 0.6) is 0 Å². The number of nitrogens with two attached hydrogens (primary N) is 1. The molecule has 0 saturated heterocycles. The summed E-state index contributed by atoms with van der Waals surface area (Å²) in [5.74, 6) is 0. The Labute approximate surface area is 177 Å². The Morgan fingerprint density at radius 2 is 0.933 bits per heavy atom. The molecule has 4 nitrogen and oxygen atoms in total. The van der Waals surface area contributed by atoms with Gasteiger partial charge in [0.15, 0.2) is 0 Å². The van der Waals surface area contributed by atoms with E-state index in [-0.39, 0.29) is 4.90 Å². The van der Waals surface area contributed by atoms with Crippen LogP contribution in [0.2, 0.25) is 0 Å². The average Bonchev–Trinajstić information content (AvgIpc) is 2.79. The number of nitrogens with zero attached hydrogens (tertiary/aromatic N) is 1. The number of hydrogen-bond donors (Lipinski definition) is 1. The maximum atomic E-state index is 13.5. The molecule has 0 aliphatic heterocycles. The summed E-state index contributed by atoms with van der Waals surface area (Å²) in [7, 11) is -6.81. The molecule has 0 unspecified atom stereocenters. The van der Waals surface area contributed by atoms with Gasteiger partial charge in [-0.25, -0.2) is 0 Å². The molecule has 0 atom stereocenters. The predicted octanol–water partition coefficient (Wildman–Crippen LogP) is 4.14. The van der Waals surface area contributed by atoms with Crippen molar-refractivity contribution in [3.05, 3.63) is 115 Å². The molecule has 0 radical (unpaired) electrons. The van der Waals surface area contributed by atoms with E-state index >= 15 is 0 Å². The molecule has 0 amide bonds. The van der Waals surface area contributed by atoms with Crippen LogP contribution in [0.4, 0.5) is 5.69 Å². The Morgan fingerprint density at radius 3 is 1.30 bits per heavy atom. The highest BCUT2D eigenvalue weighted by molar-refractivity contribution is 7.99. The molecule has 4 rings (SSSR count). The molecular formula is C24H21N2O2PS. The molecule has 0 saturated carbocycles. The van der Waals surface area contributed by atoms with Crippen LogP contribution in [-0.4, -0.2) is 8.42 Å². The van der Waals surface area contributed by atoms with Crippen molar-refractivity contribution < 1.29 is 8.42 Å². The number of rotatable bonds is 5.